The van der Waals surface area contributed by atoms with Gasteiger partial charge in [0.1, 0.15) is 0 Å². The first-order valence-corrected chi connectivity index (χ1v) is 5.59. The van der Waals surface area contributed by atoms with Crippen LogP contribution in [0.5, 0.6) is 0 Å². The first kappa shape index (κ1) is 9.12. The third-order valence-corrected chi connectivity index (χ3v) is 3.38. The molecule has 0 fully saturated rings. The van der Waals surface area contributed by atoms with Crippen LogP contribution in [0, 0.1) is 0 Å². The second-order valence-corrected chi connectivity index (χ2v) is 4.52. The minimum absolute atomic E-state index is 0.161. The summed E-state index contributed by atoms with van der Waals surface area (Å²) in [6, 6.07) is 5.92. The Bertz CT molecular complexity index is 559. The summed E-state index contributed by atoms with van der Waals surface area (Å²) < 4.78 is 0.979. The van der Waals surface area contributed by atoms with E-state index in [0.29, 0.717) is 6.54 Å². The van der Waals surface area contributed by atoms with Crippen molar-refractivity contribution in [1.82, 2.24) is 10.3 Å². The van der Waals surface area contributed by atoms with E-state index in [0.717, 1.165) is 33.2 Å². The Morgan fingerprint density at radius 3 is 3.00 bits per heavy atom. The summed E-state index contributed by atoms with van der Waals surface area (Å²) in [5.41, 5.74) is 2.86. The molecule has 1 aromatic heterocycles. The van der Waals surface area contributed by atoms with E-state index < -0.39 is 0 Å². The number of rotatable bonds is 0. The molecule has 1 aliphatic rings. The Balaban J connectivity index is 2.44. The molecule has 2 aromatic rings. The van der Waals surface area contributed by atoms with Crippen LogP contribution in [0.3, 0.4) is 0 Å². The van der Waals surface area contributed by atoms with Crippen LogP contribution in [0.2, 0.25) is 0 Å². The van der Waals surface area contributed by atoms with Crippen LogP contribution in [-0.2, 0) is 6.54 Å². The molecule has 0 spiro atoms. The van der Waals surface area contributed by atoms with Gasteiger partial charge in [-0.2, -0.15) is 0 Å². The molecule has 0 atom stereocenters. The van der Waals surface area contributed by atoms with Crippen molar-refractivity contribution >= 4 is 32.6 Å². The van der Waals surface area contributed by atoms with Gasteiger partial charge in [-0.15, -0.1) is 0 Å². The third kappa shape index (κ3) is 1.25. The third-order valence-electron chi connectivity index (χ3n) is 2.72. The molecule has 2 heterocycles. The van der Waals surface area contributed by atoms with Crippen molar-refractivity contribution in [2.24, 2.45) is 0 Å². The molecule has 0 amide bonds. The van der Waals surface area contributed by atoms with Crippen molar-refractivity contribution in [3.05, 3.63) is 33.9 Å². The molecule has 0 saturated heterocycles. The Morgan fingerprint density at radius 1 is 1.27 bits per heavy atom. The van der Waals surface area contributed by atoms with Crippen LogP contribution in [0.1, 0.15) is 16.1 Å². The largest absolute Gasteiger partial charge is 0.357 e. The monoisotopic (exact) mass is 264 g/mol. The Labute approximate surface area is 95.0 Å². The summed E-state index contributed by atoms with van der Waals surface area (Å²) in [5, 5.41) is 4.09. The van der Waals surface area contributed by atoms with Gasteiger partial charge in [0.05, 0.1) is 6.54 Å². The maximum absolute atomic E-state index is 11.8. The van der Waals surface area contributed by atoms with Crippen LogP contribution in [0.15, 0.2) is 22.7 Å². The molecular weight excluding hydrogens is 256 g/mol. The van der Waals surface area contributed by atoms with Crippen LogP contribution in [-0.4, -0.2) is 17.3 Å². The number of hydrogen-bond acceptors (Lipinski definition) is 2. The van der Waals surface area contributed by atoms with Gasteiger partial charge in [0.25, 0.3) is 0 Å². The lowest BCUT2D eigenvalue weighted by atomic mass is 10.0. The fourth-order valence-electron chi connectivity index (χ4n) is 2.09. The van der Waals surface area contributed by atoms with E-state index in [1.807, 2.05) is 18.2 Å². The molecule has 1 aromatic carbocycles. The van der Waals surface area contributed by atoms with E-state index in [1.165, 1.54) is 0 Å². The zero-order chi connectivity index (χ0) is 10.4. The maximum Gasteiger partial charge on any atom is 0.179 e. The highest BCUT2D eigenvalue weighted by atomic mass is 79.9. The molecule has 2 N–H and O–H groups in total. The molecule has 3 nitrogen and oxygen atoms in total. The number of ketones is 1. The second kappa shape index (κ2) is 3.18. The highest BCUT2D eigenvalue weighted by Crippen LogP contribution is 2.30. The standard InChI is InChI=1S/C11H9BrN2O/c12-6-2-1-3-7-10(6)11-8(14-7)4-13-5-9(11)15/h1-3,13-14H,4-5H2. The van der Waals surface area contributed by atoms with Crippen molar-refractivity contribution in [3.8, 4) is 0 Å². The lowest BCUT2D eigenvalue weighted by Crippen LogP contribution is -2.29. The fraction of sp³-hybridized carbons (Fsp3) is 0.182. The van der Waals surface area contributed by atoms with E-state index in [4.69, 9.17) is 0 Å². The number of carbonyl (C=O) groups excluding carboxylic acids is 1. The van der Waals surface area contributed by atoms with Gasteiger partial charge in [-0.25, -0.2) is 0 Å². The predicted octanol–water partition coefficient (Wildman–Crippen LogP) is 2.22. The number of aromatic nitrogens is 1. The number of carbonyl (C=O) groups is 1. The topological polar surface area (TPSA) is 44.9 Å². The Morgan fingerprint density at radius 2 is 2.13 bits per heavy atom. The zero-order valence-corrected chi connectivity index (χ0v) is 9.52. The van der Waals surface area contributed by atoms with E-state index >= 15 is 0 Å². The summed E-state index contributed by atoms with van der Waals surface area (Å²) in [7, 11) is 0. The summed E-state index contributed by atoms with van der Waals surface area (Å²) in [4.78, 5) is 15.1. The quantitative estimate of drug-likeness (QED) is 0.767. The van der Waals surface area contributed by atoms with Gasteiger partial charge in [-0.3, -0.25) is 4.79 Å². The van der Waals surface area contributed by atoms with Gasteiger partial charge in [-0.05, 0) is 12.1 Å². The summed E-state index contributed by atoms with van der Waals surface area (Å²) >= 11 is 3.49. The summed E-state index contributed by atoms with van der Waals surface area (Å²) in [5.74, 6) is 0.161. The normalized spacial score (nSPS) is 15.7. The number of fused-ring (bicyclic) bond motifs is 3. The van der Waals surface area contributed by atoms with Gasteiger partial charge in [0.15, 0.2) is 5.78 Å². The smallest absolute Gasteiger partial charge is 0.179 e. The van der Waals surface area contributed by atoms with Gasteiger partial charge >= 0.3 is 0 Å². The van der Waals surface area contributed by atoms with Crippen molar-refractivity contribution in [3.63, 3.8) is 0 Å². The van der Waals surface area contributed by atoms with E-state index in [-0.39, 0.29) is 5.78 Å². The summed E-state index contributed by atoms with van der Waals surface area (Å²) in [6.45, 7) is 1.17. The van der Waals surface area contributed by atoms with Crippen molar-refractivity contribution in [1.29, 1.82) is 0 Å². The number of H-pyrrole nitrogens is 1. The lowest BCUT2D eigenvalue weighted by Gasteiger charge is -2.11. The molecule has 76 valence electrons. The molecule has 1 aliphatic heterocycles. The molecule has 0 bridgehead atoms. The number of nitrogens with one attached hydrogen (secondary N) is 2. The van der Waals surface area contributed by atoms with Gasteiger partial charge in [0, 0.05) is 33.2 Å². The first-order valence-electron chi connectivity index (χ1n) is 4.80. The molecule has 15 heavy (non-hydrogen) atoms. The molecule has 0 unspecified atom stereocenters. The highest BCUT2D eigenvalue weighted by Gasteiger charge is 2.22. The van der Waals surface area contributed by atoms with E-state index in [2.05, 4.69) is 26.2 Å². The van der Waals surface area contributed by atoms with Gasteiger partial charge in [0.2, 0.25) is 0 Å². The Hall–Kier alpha value is -1.13. The fourth-order valence-corrected chi connectivity index (χ4v) is 2.65. The number of benzene rings is 1. The second-order valence-electron chi connectivity index (χ2n) is 3.67. The van der Waals surface area contributed by atoms with Crippen LogP contribution in [0.4, 0.5) is 0 Å². The van der Waals surface area contributed by atoms with Crippen LogP contribution < -0.4 is 5.32 Å². The number of Topliss-reactive ketones (excluding diaryl/α,β-unsaturated/α-hetero) is 1. The number of hydrogen-bond donors (Lipinski definition) is 2. The molecule has 0 saturated carbocycles. The molecule has 3 rings (SSSR count). The van der Waals surface area contributed by atoms with E-state index in [9.17, 15) is 4.79 Å². The number of halogens is 1. The predicted molar refractivity (Wildman–Crippen MR) is 62.0 cm³/mol. The molecule has 4 heteroatoms. The summed E-state index contributed by atoms with van der Waals surface area (Å²) in [6.07, 6.45) is 0. The average molecular weight is 265 g/mol. The van der Waals surface area contributed by atoms with Gasteiger partial charge < -0.3 is 10.3 Å². The Kier molecular flexibility index (Phi) is 1.94. The lowest BCUT2D eigenvalue weighted by molar-refractivity contribution is 0.0983. The molecule has 0 radical (unpaired) electrons. The highest BCUT2D eigenvalue weighted by molar-refractivity contribution is 9.10. The van der Waals surface area contributed by atoms with Crippen molar-refractivity contribution in [2.75, 3.05) is 6.54 Å². The molecular formula is C11H9BrN2O. The van der Waals surface area contributed by atoms with Crippen LogP contribution in [0.25, 0.3) is 10.9 Å². The van der Waals surface area contributed by atoms with Gasteiger partial charge in [-0.1, -0.05) is 22.0 Å². The van der Waals surface area contributed by atoms with Crippen LogP contribution >= 0.6 is 15.9 Å². The average Bonchev–Trinajstić information content (AvgIpc) is 2.58. The minimum atomic E-state index is 0.161. The molecule has 0 aliphatic carbocycles. The van der Waals surface area contributed by atoms with E-state index in [1.54, 1.807) is 0 Å². The van der Waals surface area contributed by atoms with Crippen molar-refractivity contribution < 1.29 is 4.79 Å². The minimum Gasteiger partial charge on any atom is -0.357 e. The maximum atomic E-state index is 11.8. The van der Waals surface area contributed by atoms with Crippen molar-refractivity contribution in [2.45, 2.75) is 6.54 Å². The first-order chi connectivity index (χ1) is 7.27. The number of aromatic amines is 1. The zero-order valence-electron chi connectivity index (χ0n) is 7.93. The SMILES string of the molecule is O=C1CNCc2[nH]c3cccc(Br)c3c21.